The lowest BCUT2D eigenvalue weighted by atomic mass is 9.94. The van der Waals surface area contributed by atoms with Crippen molar-refractivity contribution in [3.8, 4) is 0 Å². The summed E-state index contributed by atoms with van der Waals surface area (Å²) in [5.74, 6) is 0.0703. The zero-order chi connectivity index (χ0) is 30.5. The molecule has 8 heteroatoms. The summed E-state index contributed by atoms with van der Waals surface area (Å²) in [6.07, 6.45) is 5.63. The maximum atomic E-state index is 13.3. The van der Waals surface area contributed by atoms with Crippen LogP contribution in [0, 0.1) is 0 Å². The molecule has 0 spiro atoms. The Morgan fingerprint density at radius 1 is 0.907 bits per heavy atom. The number of ether oxygens (including phenoxy) is 1. The van der Waals surface area contributed by atoms with E-state index in [1.165, 1.54) is 4.31 Å². The molecule has 0 N–H and O–H groups in total. The highest BCUT2D eigenvalue weighted by Gasteiger charge is 2.30. The third-order valence-corrected chi connectivity index (χ3v) is 10.3. The maximum Gasteiger partial charge on any atom is 0.410 e. The molecule has 232 valence electrons. The van der Waals surface area contributed by atoms with Crippen LogP contribution in [0.4, 0.5) is 4.79 Å². The van der Waals surface area contributed by atoms with Crippen molar-refractivity contribution in [3.63, 3.8) is 0 Å². The molecular weight excluding hydrogens is 558 g/mol. The number of carbonyl (C=O) groups excluding carboxylic acids is 1. The Kier molecular flexibility index (Phi) is 12.6. The molecule has 3 aromatic carbocycles. The lowest BCUT2D eigenvalue weighted by Crippen LogP contribution is -2.48. The molecule has 43 heavy (non-hydrogen) atoms. The number of hydrogen-bond donors (Lipinski definition) is 0. The Labute approximate surface area is 258 Å². The average Bonchev–Trinajstić information content (AvgIpc) is 3.05. The van der Waals surface area contributed by atoms with E-state index >= 15 is 0 Å². The van der Waals surface area contributed by atoms with E-state index in [1.807, 2.05) is 59.5 Å². The Hall–Kier alpha value is -3.20. The van der Waals surface area contributed by atoms with Crippen molar-refractivity contribution < 1.29 is 17.9 Å². The Morgan fingerprint density at radius 3 is 2.14 bits per heavy atom. The summed E-state index contributed by atoms with van der Waals surface area (Å²) in [6, 6.07) is 28.9. The molecule has 0 aliphatic carbocycles. The summed E-state index contributed by atoms with van der Waals surface area (Å²) in [5, 5.41) is 0. The minimum atomic E-state index is -3.57. The molecule has 1 unspecified atom stereocenters. The molecule has 1 amide bonds. The van der Waals surface area contributed by atoms with Crippen LogP contribution in [0.5, 0.6) is 0 Å². The first-order chi connectivity index (χ1) is 20.9. The monoisotopic (exact) mass is 605 g/mol. The number of rotatable bonds is 15. The molecule has 0 radical (unpaired) electrons. The molecule has 0 bridgehead atoms. The van der Waals surface area contributed by atoms with Gasteiger partial charge in [-0.3, -0.25) is 0 Å². The number of carbonyl (C=O) groups is 1. The largest absolute Gasteiger partial charge is 0.445 e. The Balaban J connectivity index is 1.34. The van der Waals surface area contributed by atoms with Crippen molar-refractivity contribution in [2.24, 2.45) is 0 Å². The van der Waals surface area contributed by atoms with E-state index in [1.54, 1.807) is 31.3 Å². The van der Waals surface area contributed by atoms with Crippen molar-refractivity contribution in [2.75, 3.05) is 39.8 Å². The number of sulfonamides is 1. The molecule has 3 aromatic rings. The van der Waals surface area contributed by atoms with Gasteiger partial charge in [-0.25, -0.2) is 17.5 Å². The third-order valence-electron chi connectivity index (χ3n) is 8.43. The number of likely N-dealkylation sites (N-methyl/N-ethyl adjacent to an activating group) is 1. The molecule has 1 aliphatic rings. The SMILES string of the molecule is CCCCCN(C(=O)OCc1ccccc1)C1CCN(CCC(CN(C)S(=O)(=O)c2ccccc2)c2ccccc2)CC1. The standard InChI is InChI=1S/C35H47N3O4S/c1-3-4-14-24-38(35(39)42-29-30-15-8-5-9-16-30)33-22-26-37(27-23-33)25-21-32(31-17-10-6-11-18-31)28-36(2)43(40,41)34-19-12-7-13-20-34/h5-13,15-20,32-33H,3-4,14,21-29H2,1-2H3. The van der Waals surface area contributed by atoms with E-state index in [2.05, 4.69) is 24.0 Å². The van der Waals surface area contributed by atoms with Gasteiger partial charge in [-0.2, -0.15) is 0 Å². The van der Waals surface area contributed by atoms with Crippen LogP contribution in [0.2, 0.25) is 0 Å². The van der Waals surface area contributed by atoms with E-state index in [-0.39, 0.29) is 24.7 Å². The average molecular weight is 606 g/mol. The van der Waals surface area contributed by atoms with Gasteiger partial charge in [0.05, 0.1) is 4.90 Å². The van der Waals surface area contributed by atoms with Gasteiger partial charge in [-0.15, -0.1) is 0 Å². The highest BCUT2D eigenvalue weighted by molar-refractivity contribution is 7.89. The quantitative estimate of drug-likeness (QED) is 0.179. The molecule has 1 fully saturated rings. The maximum absolute atomic E-state index is 13.3. The number of piperidine rings is 1. The Morgan fingerprint density at radius 2 is 1.51 bits per heavy atom. The number of benzene rings is 3. The van der Waals surface area contributed by atoms with Crippen LogP contribution >= 0.6 is 0 Å². The van der Waals surface area contributed by atoms with Gasteiger partial charge in [-0.05, 0) is 61.4 Å². The predicted molar refractivity (Wildman–Crippen MR) is 172 cm³/mol. The van der Waals surface area contributed by atoms with Gasteiger partial charge in [0.2, 0.25) is 10.0 Å². The van der Waals surface area contributed by atoms with Crippen LogP contribution in [0.1, 0.15) is 62.5 Å². The van der Waals surface area contributed by atoms with E-state index in [0.29, 0.717) is 11.4 Å². The van der Waals surface area contributed by atoms with Gasteiger partial charge >= 0.3 is 6.09 Å². The van der Waals surface area contributed by atoms with Crippen molar-refractivity contribution in [1.82, 2.24) is 14.1 Å². The van der Waals surface area contributed by atoms with Gasteiger partial charge in [0, 0.05) is 39.3 Å². The van der Waals surface area contributed by atoms with E-state index < -0.39 is 10.0 Å². The van der Waals surface area contributed by atoms with E-state index in [9.17, 15) is 13.2 Å². The molecule has 4 rings (SSSR count). The summed E-state index contributed by atoms with van der Waals surface area (Å²) >= 11 is 0. The number of likely N-dealkylation sites (tertiary alicyclic amines) is 1. The lowest BCUT2D eigenvalue weighted by molar-refractivity contribution is 0.0593. The van der Waals surface area contributed by atoms with Crippen LogP contribution in [0.3, 0.4) is 0 Å². The molecular formula is C35H47N3O4S. The zero-order valence-corrected chi connectivity index (χ0v) is 26.5. The molecule has 1 aliphatic heterocycles. The number of nitrogens with zero attached hydrogens (tertiary/aromatic N) is 3. The van der Waals surface area contributed by atoms with Crippen molar-refractivity contribution >= 4 is 16.1 Å². The minimum absolute atomic E-state index is 0.0703. The second-order valence-electron chi connectivity index (χ2n) is 11.5. The first-order valence-corrected chi connectivity index (χ1v) is 17.1. The highest BCUT2D eigenvalue weighted by Crippen LogP contribution is 2.26. The van der Waals surface area contributed by atoms with Crippen LogP contribution in [-0.4, -0.2) is 74.4 Å². The fraction of sp³-hybridized carbons (Fsp3) is 0.457. The first-order valence-electron chi connectivity index (χ1n) is 15.6. The van der Waals surface area contributed by atoms with Gasteiger partial charge < -0.3 is 14.5 Å². The molecule has 0 saturated carbocycles. The van der Waals surface area contributed by atoms with E-state index in [4.69, 9.17) is 4.74 Å². The van der Waals surface area contributed by atoms with E-state index in [0.717, 1.165) is 75.8 Å². The predicted octanol–water partition coefficient (Wildman–Crippen LogP) is 6.77. The third kappa shape index (κ3) is 9.65. The molecule has 7 nitrogen and oxygen atoms in total. The topological polar surface area (TPSA) is 70.2 Å². The number of unbranched alkanes of at least 4 members (excludes halogenated alkanes) is 2. The first kappa shape index (κ1) is 32.7. The molecule has 1 atom stereocenters. The summed E-state index contributed by atoms with van der Waals surface area (Å²) < 4.78 is 33.7. The Bertz CT molecular complexity index is 1330. The molecule has 1 heterocycles. The fourth-order valence-corrected chi connectivity index (χ4v) is 7.06. The zero-order valence-electron chi connectivity index (χ0n) is 25.7. The van der Waals surface area contributed by atoms with Crippen LogP contribution < -0.4 is 0 Å². The summed E-state index contributed by atoms with van der Waals surface area (Å²) in [5.41, 5.74) is 2.14. The van der Waals surface area contributed by atoms with Crippen molar-refractivity contribution in [3.05, 3.63) is 102 Å². The van der Waals surface area contributed by atoms with Crippen LogP contribution in [0.25, 0.3) is 0 Å². The summed E-state index contributed by atoms with van der Waals surface area (Å²) in [6.45, 7) is 6.29. The van der Waals surface area contributed by atoms with Gasteiger partial charge in [0.15, 0.2) is 0 Å². The second-order valence-corrected chi connectivity index (χ2v) is 13.6. The van der Waals surface area contributed by atoms with Crippen LogP contribution in [-0.2, 0) is 21.4 Å². The van der Waals surface area contributed by atoms with Gasteiger partial charge in [-0.1, -0.05) is 98.6 Å². The number of amides is 1. The van der Waals surface area contributed by atoms with Crippen molar-refractivity contribution in [2.45, 2.75) is 68.9 Å². The summed E-state index contributed by atoms with van der Waals surface area (Å²) in [4.78, 5) is 17.9. The fourth-order valence-electron chi connectivity index (χ4n) is 5.82. The minimum Gasteiger partial charge on any atom is -0.445 e. The van der Waals surface area contributed by atoms with Gasteiger partial charge in [0.1, 0.15) is 6.61 Å². The smallest absolute Gasteiger partial charge is 0.410 e. The molecule has 1 saturated heterocycles. The second kappa shape index (κ2) is 16.6. The summed E-state index contributed by atoms with van der Waals surface area (Å²) in [7, 11) is -1.90. The van der Waals surface area contributed by atoms with Crippen LogP contribution in [0.15, 0.2) is 95.9 Å². The molecule has 0 aromatic heterocycles. The lowest BCUT2D eigenvalue weighted by Gasteiger charge is -2.38. The normalized spacial score (nSPS) is 15.3. The number of hydrogen-bond acceptors (Lipinski definition) is 5. The van der Waals surface area contributed by atoms with Crippen molar-refractivity contribution in [1.29, 1.82) is 0 Å². The van der Waals surface area contributed by atoms with Gasteiger partial charge in [0.25, 0.3) is 0 Å². The highest BCUT2D eigenvalue weighted by atomic mass is 32.2.